The van der Waals surface area contributed by atoms with Crippen LogP contribution in [0.4, 0.5) is 5.82 Å². The fourth-order valence-electron chi connectivity index (χ4n) is 3.80. The van der Waals surface area contributed by atoms with Gasteiger partial charge in [-0.1, -0.05) is 6.08 Å². The normalized spacial score (nSPS) is 13.7. The third kappa shape index (κ3) is 4.35. The van der Waals surface area contributed by atoms with Crippen LogP contribution in [0.15, 0.2) is 30.3 Å². The molecule has 31 heavy (non-hydrogen) atoms. The number of anilines is 1. The van der Waals surface area contributed by atoms with E-state index in [2.05, 4.69) is 4.90 Å². The highest BCUT2D eigenvalue weighted by Crippen LogP contribution is 2.36. The molecular weight excluding hydrogens is 394 g/mol. The molecule has 3 aromatic rings. The molecule has 1 fully saturated rings. The Balaban J connectivity index is 1.80. The van der Waals surface area contributed by atoms with Crippen molar-refractivity contribution in [2.24, 2.45) is 0 Å². The molecule has 0 atom stereocenters. The quantitative estimate of drug-likeness (QED) is 0.559. The van der Waals surface area contributed by atoms with Crippen LogP contribution in [-0.2, 0) is 0 Å². The summed E-state index contributed by atoms with van der Waals surface area (Å²) in [6.07, 6.45) is 6.19. The molecule has 7 heteroatoms. The molecule has 1 saturated heterocycles. The van der Waals surface area contributed by atoms with E-state index in [1.54, 1.807) is 28.4 Å². The van der Waals surface area contributed by atoms with E-state index in [1.165, 1.54) is 0 Å². The van der Waals surface area contributed by atoms with E-state index in [4.69, 9.17) is 28.9 Å². The van der Waals surface area contributed by atoms with Crippen molar-refractivity contribution in [3.8, 4) is 23.0 Å². The summed E-state index contributed by atoms with van der Waals surface area (Å²) in [7, 11) is 6.54. The van der Waals surface area contributed by atoms with Gasteiger partial charge in [0.15, 0.2) is 17.3 Å². The van der Waals surface area contributed by atoms with Gasteiger partial charge in [-0.05, 0) is 42.7 Å². The van der Waals surface area contributed by atoms with Crippen molar-refractivity contribution in [3.05, 3.63) is 41.7 Å². The number of methoxy groups -OCH3 is 4. The molecule has 0 aliphatic carbocycles. The maximum Gasteiger partial charge on any atom is 0.162 e. The van der Waals surface area contributed by atoms with E-state index in [1.807, 2.05) is 42.5 Å². The van der Waals surface area contributed by atoms with Crippen LogP contribution >= 0.6 is 0 Å². The topological polar surface area (TPSA) is 65.9 Å². The minimum atomic E-state index is 0.628. The van der Waals surface area contributed by atoms with Crippen LogP contribution in [0.5, 0.6) is 23.0 Å². The first kappa shape index (κ1) is 20.8. The second-order valence-corrected chi connectivity index (χ2v) is 7.30. The van der Waals surface area contributed by atoms with Gasteiger partial charge in [0, 0.05) is 30.6 Å². The largest absolute Gasteiger partial charge is 0.497 e. The molecule has 1 aliphatic rings. The monoisotopic (exact) mass is 421 g/mol. The van der Waals surface area contributed by atoms with Gasteiger partial charge in [-0.2, -0.15) is 0 Å². The number of fused-ring (bicyclic) bond motifs is 1. The Kier molecular flexibility index (Phi) is 6.11. The van der Waals surface area contributed by atoms with Crippen molar-refractivity contribution >= 4 is 28.9 Å². The summed E-state index contributed by atoms with van der Waals surface area (Å²) in [5.74, 6) is 4.33. The fraction of sp³-hybridized carbons (Fsp3) is 0.333. The molecule has 0 unspecified atom stereocenters. The van der Waals surface area contributed by atoms with Crippen LogP contribution in [0.2, 0.25) is 0 Å². The van der Waals surface area contributed by atoms with Gasteiger partial charge >= 0.3 is 0 Å². The highest BCUT2D eigenvalue weighted by atomic mass is 16.5. The van der Waals surface area contributed by atoms with Crippen LogP contribution in [0.3, 0.4) is 0 Å². The van der Waals surface area contributed by atoms with E-state index in [-0.39, 0.29) is 0 Å². The Morgan fingerprint density at radius 3 is 2.00 bits per heavy atom. The van der Waals surface area contributed by atoms with Crippen molar-refractivity contribution in [1.82, 2.24) is 9.97 Å². The first-order valence-corrected chi connectivity index (χ1v) is 10.2. The summed E-state index contributed by atoms with van der Waals surface area (Å²) in [6.45, 7) is 1.97. The van der Waals surface area contributed by atoms with E-state index in [9.17, 15) is 0 Å². The number of benzene rings is 2. The highest BCUT2D eigenvalue weighted by molar-refractivity contribution is 5.93. The number of ether oxygens (including phenoxy) is 4. The summed E-state index contributed by atoms with van der Waals surface area (Å²) in [5, 5.41) is 0.958. The van der Waals surface area contributed by atoms with Crippen LogP contribution in [0, 0.1) is 0 Å². The van der Waals surface area contributed by atoms with Gasteiger partial charge in [0.2, 0.25) is 0 Å². The molecule has 162 valence electrons. The lowest BCUT2D eigenvalue weighted by atomic mass is 10.1. The van der Waals surface area contributed by atoms with Crippen LogP contribution in [0.25, 0.3) is 23.1 Å². The molecule has 0 amide bonds. The maximum atomic E-state index is 5.50. The molecule has 0 saturated carbocycles. The van der Waals surface area contributed by atoms with Crippen molar-refractivity contribution in [2.45, 2.75) is 12.8 Å². The molecule has 0 radical (unpaired) electrons. The zero-order chi connectivity index (χ0) is 21.8. The third-order valence-electron chi connectivity index (χ3n) is 5.40. The van der Waals surface area contributed by atoms with Crippen LogP contribution < -0.4 is 23.8 Å². The van der Waals surface area contributed by atoms with Gasteiger partial charge < -0.3 is 23.8 Å². The molecule has 0 N–H and O–H groups in total. The molecule has 1 aliphatic heterocycles. The maximum absolute atomic E-state index is 5.50. The predicted molar refractivity (Wildman–Crippen MR) is 123 cm³/mol. The molecule has 2 aromatic carbocycles. The molecule has 4 rings (SSSR count). The molecule has 2 heterocycles. The summed E-state index contributed by atoms with van der Waals surface area (Å²) >= 11 is 0. The van der Waals surface area contributed by atoms with Gasteiger partial charge in [-0.3, -0.25) is 0 Å². The lowest BCUT2D eigenvalue weighted by Gasteiger charge is -2.20. The van der Waals surface area contributed by atoms with Gasteiger partial charge in [0.25, 0.3) is 0 Å². The average molecular weight is 421 g/mol. The van der Waals surface area contributed by atoms with E-state index in [0.717, 1.165) is 59.7 Å². The third-order valence-corrected chi connectivity index (χ3v) is 5.40. The average Bonchev–Trinajstić information content (AvgIpc) is 3.35. The number of aromatic nitrogens is 2. The van der Waals surface area contributed by atoms with Gasteiger partial charge in [-0.15, -0.1) is 0 Å². The van der Waals surface area contributed by atoms with Gasteiger partial charge in [-0.25, -0.2) is 9.97 Å². The van der Waals surface area contributed by atoms with Crippen LogP contribution in [-0.4, -0.2) is 51.5 Å². The Morgan fingerprint density at radius 1 is 0.742 bits per heavy atom. The lowest BCUT2D eigenvalue weighted by molar-refractivity contribution is 0.356. The van der Waals surface area contributed by atoms with Gasteiger partial charge in [0.05, 0.1) is 34.0 Å². The molecule has 7 nitrogen and oxygen atoms in total. The minimum absolute atomic E-state index is 0.628. The number of rotatable bonds is 7. The molecule has 1 aromatic heterocycles. The zero-order valence-electron chi connectivity index (χ0n) is 18.3. The van der Waals surface area contributed by atoms with Crippen molar-refractivity contribution in [2.75, 3.05) is 46.4 Å². The molecular formula is C24H27N3O4. The Bertz CT molecular complexity index is 1090. The molecule has 0 spiro atoms. The van der Waals surface area contributed by atoms with E-state index < -0.39 is 0 Å². The van der Waals surface area contributed by atoms with Crippen molar-refractivity contribution < 1.29 is 18.9 Å². The van der Waals surface area contributed by atoms with Crippen molar-refractivity contribution in [3.63, 3.8) is 0 Å². The number of hydrogen-bond acceptors (Lipinski definition) is 7. The smallest absolute Gasteiger partial charge is 0.162 e. The number of nitrogens with zero attached hydrogens (tertiary/aromatic N) is 3. The summed E-state index contributed by atoms with van der Waals surface area (Å²) < 4.78 is 21.7. The van der Waals surface area contributed by atoms with Crippen molar-refractivity contribution in [1.29, 1.82) is 0 Å². The summed E-state index contributed by atoms with van der Waals surface area (Å²) in [6, 6.07) is 9.59. The lowest BCUT2D eigenvalue weighted by Crippen LogP contribution is -2.20. The van der Waals surface area contributed by atoms with E-state index >= 15 is 0 Å². The SMILES string of the molecule is COc1cc(/C=C/c2nc(N3CCCC3)c3cc(OC)c(OC)cc3n2)cc(OC)c1. The van der Waals surface area contributed by atoms with Crippen LogP contribution in [0.1, 0.15) is 24.2 Å². The highest BCUT2D eigenvalue weighted by Gasteiger charge is 2.19. The fourth-order valence-corrected chi connectivity index (χ4v) is 3.80. The second-order valence-electron chi connectivity index (χ2n) is 7.30. The number of hydrogen-bond donors (Lipinski definition) is 0. The summed E-state index contributed by atoms with van der Waals surface area (Å²) in [4.78, 5) is 12.0. The first-order chi connectivity index (χ1) is 15.1. The first-order valence-electron chi connectivity index (χ1n) is 10.2. The predicted octanol–water partition coefficient (Wildman–Crippen LogP) is 4.43. The Morgan fingerprint density at radius 2 is 1.39 bits per heavy atom. The minimum Gasteiger partial charge on any atom is -0.497 e. The zero-order valence-corrected chi connectivity index (χ0v) is 18.3. The molecule has 0 bridgehead atoms. The van der Waals surface area contributed by atoms with E-state index in [0.29, 0.717) is 17.3 Å². The standard InChI is InChI=1S/C24H27N3O4/c1-28-17-11-16(12-18(13-17)29-2)7-8-23-25-20-15-22(31-4)21(30-3)14-19(20)24(26-23)27-9-5-6-10-27/h7-8,11-15H,5-6,9-10H2,1-4H3/b8-7+. The summed E-state index contributed by atoms with van der Waals surface area (Å²) in [5.41, 5.74) is 1.76. The Hall–Kier alpha value is -3.48. The van der Waals surface area contributed by atoms with Gasteiger partial charge in [0.1, 0.15) is 17.3 Å². The Labute approximate surface area is 182 Å². The second kappa shape index (κ2) is 9.12.